The van der Waals surface area contributed by atoms with E-state index in [1.54, 1.807) is 18.2 Å². The number of benzene rings is 1. The summed E-state index contributed by atoms with van der Waals surface area (Å²) in [5, 5.41) is 0. The second-order valence-corrected chi connectivity index (χ2v) is 3.90. The van der Waals surface area contributed by atoms with Gasteiger partial charge in [-0.15, -0.1) is 0 Å². The smallest absolute Gasteiger partial charge is 0.314 e. The molecule has 1 heterocycles. The Hall–Kier alpha value is -1.77. The molecule has 2 rings (SSSR count). The average molecular weight is 218 g/mol. The largest absolute Gasteiger partial charge is 0.490 e. The number of fused-ring (bicyclic) bond motifs is 1. The summed E-state index contributed by atoms with van der Waals surface area (Å²) in [7, 11) is 0. The Morgan fingerprint density at radius 1 is 1.62 bits per heavy atom. The Labute approximate surface area is 94.7 Å². The van der Waals surface area contributed by atoms with E-state index in [-0.39, 0.29) is 11.9 Å². The molecule has 1 unspecified atom stereocenters. The van der Waals surface area contributed by atoms with Crippen LogP contribution in [-0.4, -0.2) is 12.6 Å². The van der Waals surface area contributed by atoms with Crippen LogP contribution in [0, 0.1) is 5.92 Å². The molecule has 1 aromatic carbocycles. The lowest BCUT2D eigenvalue weighted by Gasteiger charge is -2.20. The predicted molar refractivity (Wildman–Crippen MR) is 60.6 cm³/mol. The maximum atomic E-state index is 11.3. The maximum Gasteiger partial charge on any atom is 0.314 e. The molecule has 0 bridgehead atoms. The van der Waals surface area contributed by atoms with E-state index in [1.807, 2.05) is 13.0 Å². The van der Waals surface area contributed by atoms with Crippen LogP contribution >= 0.6 is 0 Å². The minimum atomic E-state index is -0.160. The molecular formula is C13H14O3. The third kappa shape index (κ3) is 2.08. The number of carbonyl (C=O) groups is 1. The number of carbonyl (C=O) groups excluding carboxylic acids is 1. The minimum Gasteiger partial charge on any atom is -0.490 e. The summed E-state index contributed by atoms with van der Waals surface area (Å²) in [4.78, 5) is 11.3. The highest BCUT2D eigenvalue weighted by molar-refractivity contribution is 5.77. The van der Waals surface area contributed by atoms with Gasteiger partial charge in [0.1, 0.15) is 18.1 Å². The molecule has 0 radical (unpaired) electrons. The monoisotopic (exact) mass is 218 g/mol. The second-order valence-electron chi connectivity index (χ2n) is 3.90. The Balaban J connectivity index is 2.22. The molecule has 0 N–H and O–H groups in total. The van der Waals surface area contributed by atoms with Crippen molar-refractivity contribution in [2.24, 2.45) is 5.92 Å². The summed E-state index contributed by atoms with van der Waals surface area (Å²) in [6.07, 6.45) is 2.40. The molecule has 1 aliphatic heterocycles. The zero-order valence-corrected chi connectivity index (χ0v) is 9.23. The van der Waals surface area contributed by atoms with E-state index in [9.17, 15) is 4.79 Å². The number of rotatable bonds is 3. The van der Waals surface area contributed by atoms with Gasteiger partial charge in [-0.25, -0.2) is 0 Å². The first-order chi connectivity index (χ1) is 7.70. The SMILES string of the molecule is C=CCOc1ccc2c(c1)CC(C)C(=O)O2. The third-order valence-corrected chi connectivity index (χ3v) is 2.54. The topological polar surface area (TPSA) is 35.5 Å². The van der Waals surface area contributed by atoms with Gasteiger partial charge in [0, 0.05) is 0 Å². The van der Waals surface area contributed by atoms with E-state index < -0.39 is 0 Å². The molecule has 0 fully saturated rings. The van der Waals surface area contributed by atoms with Crippen molar-refractivity contribution in [2.75, 3.05) is 6.61 Å². The lowest BCUT2D eigenvalue weighted by atomic mass is 9.98. The zero-order valence-electron chi connectivity index (χ0n) is 9.23. The van der Waals surface area contributed by atoms with Gasteiger partial charge in [0.15, 0.2) is 0 Å². The highest BCUT2D eigenvalue weighted by atomic mass is 16.5. The molecule has 0 aromatic heterocycles. The van der Waals surface area contributed by atoms with Gasteiger partial charge in [-0.1, -0.05) is 19.6 Å². The van der Waals surface area contributed by atoms with Crippen LogP contribution in [0.2, 0.25) is 0 Å². The first-order valence-corrected chi connectivity index (χ1v) is 5.29. The van der Waals surface area contributed by atoms with Crippen LogP contribution in [0.25, 0.3) is 0 Å². The van der Waals surface area contributed by atoms with Crippen molar-refractivity contribution in [3.63, 3.8) is 0 Å². The van der Waals surface area contributed by atoms with Gasteiger partial charge in [0.05, 0.1) is 5.92 Å². The van der Waals surface area contributed by atoms with Crippen molar-refractivity contribution in [1.82, 2.24) is 0 Å². The summed E-state index contributed by atoms with van der Waals surface area (Å²) < 4.78 is 10.6. The Bertz CT molecular complexity index is 423. The van der Waals surface area contributed by atoms with E-state index in [2.05, 4.69) is 6.58 Å². The quantitative estimate of drug-likeness (QED) is 0.444. The standard InChI is InChI=1S/C13H14O3/c1-3-6-15-11-4-5-12-10(8-11)7-9(2)13(14)16-12/h3-5,8-9H,1,6-7H2,2H3. The Kier molecular flexibility index (Phi) is 2.95. The molecule has 16 heavy (non-hydrogen) atoms. The number of hydrogen-bond acceptors (Lipinski definition) is 3. The van der Waals surface area contributed by atoms with Crippen LogP contribution in [0.5, 0.6) is 11.5 Å². The molecule has 1 aliphatic rings. The molecule has 0 saturated carbocycles. The zero-order chi connectivity index (χ0) is 11.5. The van der Waals surface area contributed by atoms with Gasteiger partial charge in [-0.2, -0.15) is 0 Å². The van der Waals surface area contributed by atoms with Crippen LogP contribution in [0.3, 0.4) is 0 Å². The highest BCUT2D eigenvalue weighted by Gasteiger charge is 2.24. The Morgan fingerprint density at radius 2 is 2.44 bits per heavy atom. The molecule has 84 valence electrons. The third-order valence-electron chi connectivity index (χ3n) is 2.54. The first kappa shape index (κ1) is 10.7. The van der Waals surface area contributed by atoms with Crippen molar-refractivity contribution in [1.29, 1.82) is 0 Å². The maximum absolute atomic E-state index is 11.3. The van der Waals surface area contributed by atoms with E-state index in [1.165, 1.54) is 0 Å². The molecule has 3 heteroatoms. The molecule has 3 nitrogen and oxygen atoms in total. The fourth-order valence-electron chi connectivity index (χ4n) is 1.68. The summed E-state index contributed by atoms with van der Waals surface area (Å²) in [5.74, 6) is 1.19. The van der Waals surface area contributed by atoms with E-state index in [0.29, 0.717) is 18.8 Å². The minimum absolute atomic E-state index is 0.0813. The van der Waals surface area contributed by atoms with Crippen LogP contribution in [-0.2, 0) is 11.2 Å². The lowest BCUT2D eigenvalue weighted by Crippen LogP contribution is -2.25. The van der Waals surface area contributed by atoms with Crippen LogP contribution in [0.15, 0.2) is 30.9 Å². The van der Waals surface area contributed by atoms with Gasteiger partial charge in [-0.3, -0.25) is 4.79 Å². The predicted octanol–water partition coefficient (Wildman–Crippen LogP) is 2.35. The van der Waals surface area contributed by atoms with E-state index in [4.69, 9.17) is 9.47 Å². The highest BCUT2D eigenvalue weighted by Crippen LogP contribution is 2.31. The van der Waals surface area contributed by atoms with Crippen molar-refractivity contribution >= 4 is 5.97 Å². The Morgan fingerprint density at radius 3 is 3.19 bits per heavy atom. The van der Waals surface area contributed by atoms with Crippen LogP contribution < -0.4 is 9.47 Å². The van der Waals surface area contributed by atoms with Gasteiger partial charge in [0.25, 0.3) is 0 Å². The van der Waals surface area contributed by atoms with E-state index >= 15 is 0 Å². The van der Waals surface area contributed by atoms with Crippen molar-refractivity contribution < 1.29 is 14.3 Å². The molecule has 1 aromatic rings. The van der Waals surface area contributed by atoms with Gasteiger partial charge < -0.3 is 9.47 Å². The number of ether oxygens (including phenoxy) is 2. The van der Waals surface area contributed by atoms with Crippen LogP contribution in [0.4, 0.5) is 0 Å². The first-order valence-electron chi connectivity index (χ1n) is 5.29. The number of esters is 1. The molecule has 0 spiro atoms. The van der Waals surface area contributed by atoms with Crippen LogP contribution in [0.1, 0.15) is 12.5 Å². The summed E-state index contributed by atoms with van der Waals surface area (Å²) >= 11 is 0. The van der Waals surface area contributed by atoms with E-state index in [0.717, 1.165) is 11.3 Å². The fraction of sp³-hybridized carbons (Fsp3) is 0.308. The van der Waals surface area contributed by atoms with Crippen molar-refractivity contribution in [2.45, 2.75) is 13.3 Å². The van der Waals surface area contributed by atoms with Gasteiger partial charge in [0.2, 0.25) is 0 Å². The average Bonchev–Trinajstić information content (AvgIpc) is 2.28. The van der Waals surface area contributed by atoms with Gasteiger partial charge in [-0.05, 0) is 30.2 Å². The summed E-state index contributed by atoms with van der Waals surface area (Å²) in [6, 6.07) is 5.49. The summed E-state index contributed by atoms with van der Waals surface area (Å²) in [5.41, 5.74) is 1.02. The van der Waals surface area contributed by atoms with Crippen molar-refractivity contribution in [3.8, 4) is 11.5 Å². The normalized spacial score (nSPS) is 18.6. The molecule has 0 saturated heterocycles. The lowest BCUT2D eigenvalue weighted by molar-refractivity contribution is -0.139. The fourth-order valence-corrected chi connectivity index (χ4v) is 1.68. The molecule has 0 amide bonds. The molecule has 1 atom stereocenters. The second kappa shape index (κ2) is 4.39. The molecule has 0 aliphatic carbocycles. The summed E-state index contributed by atoms with van der Waals surface area (Å²) in [6.45, 7) is 5.93. The number of hydrogen-bond donors (Lipinski definition) is 0. The molecular weight excluding hydrogens is 204 g/mol. The van der Waals surface area contributed by atoms with Gasteiger partial charge >= 0.3 is 5.97 Å². The van der Waals surface area contributed by atoms with Crippen molar-refractivity contribution in [3.05, 3.63) is 36.4 Å².